The minimum Gasteiger partial charge on any atom is -0.482 e. The molecular weight excluding hydrogens is 430 g/mol. The van der Waals surface area contributed by atoms with E-state index in [2.05, 4.69) is 96.8 Å². The van der Waals surface area contributed by atoms with E-state index in [0.29, 0.717) is 0 Å². The first-order valence-corrected chi connectivity index (χ1v) is 12.3. The highest BCUT2D eigenvalue weighted by atomic mass is 16.5. The standard InChI is InChI=1S/C31H29N3O/c1-22-8-10-25(11-9-22)28-21-30(33-23(2)32-28)34-18-16-31(17-19-34)15-14-27-20-26(12-13-29(27)35-31)24-6-4-3-5-7-24/h3-15,20-21H,16-19H2,1-2H3. The van der Waals surface area contributed by atoms with Gasteiger partial charge in [0.1, 0.15) is 23.0 Å². The lowest BCUT2D eigenvalue weighted by atomic mass is 9.87. The molecule has 35 heavy (non-hydrogen) atoms. The van der Waals surface area contributed by atoms with Crippen molar-refractivity contribution in [1.82, 2.24) is 9.97 Å². The SMILES string of the molecule is Cc1ccc(-c2cc(N3CCC4(C=Cc5cc(-c6ccccc6)ccc5O4)CC3)nc(C)n2)cc1. The number of anilines is 1. The second-order valence-corrected chi connectivity index (χ2v) is 9.63. The smallest absolute Gasteiger partial charge is 0.132 e. The van der Waals surface area contributed by atoms with Gasteiger partial charge in [-0.05, 0) is 43.2 Å². The quantitative estimate of drug-likeness (QED) is 0.335. The predicted molar refractivity (Wildman–Crippen MR) is 143 cm³/mol. The molecule has 0 unspecified atom stereocenters. The molecule has 0 radical (unpaired) electrons. The Bertz CT molecular complexity index is 1380. The van der Waals surface area contributed by atoms with Crippen LogP contribution in [-0.2, 0) is 0 Å². The van der Waals surface area contributed by atoms with Crippen molar-refractivity contribution < 1.29 is 4.74 Å². The number of rotatable bonds is 3. The van der Waals surface area contributed by atoms with Crippen molar-refractivity contribution in [2.24, 2.45) is 0 Å². The molecule has 0 aliphatic carbocycles. The van der Waals surface area contributed by atoms with Crippen molar-refractivity contribution in [1.29, 1.82) is 0 Å². The van der Waals surface area contributed by atoms with Crippen LogP contribution in [0.1, 0.15) is 29.8 Å². The summed E-state index contributed by atoms with van der Waals surface area (Å²) >= 11 is 0. The van der Waals surface area contributed by atoms with Gasteiger partial charge in [0.2, 0.25) is 0 Å². The van der Waals surface area contributed by atoms with E-state index in [0.717, 1.165) is 60.1 Å². The van der Waals surface area contributed by atoms with Gasteiger partial charge in [0.15, 0.2) is 0 Å². The van der Waals surface area contributed by atoms with Crippen molar-refractivity contribution in [3.8, 4) is 28.1 Å². The predicted octanol–water partition coefficient (Wildman–Crippen LogP) is 6.87. The van der Waals surface area contributed by atoms with Crippen LogP contribution in [0.15, 0.2) is 84.9 Å². The number of benzene rings is 3. The average molecular weight is 460 g/mol. The maximum atomic E-state index is 6.62. The molecule has 0 saturated carbocycles. The van der Waals surface area contributed by atoms with Crippen LogP contribution in [0.5, 0.6) is 5.75 Å². The molecule has 1 aromatic heterocycles. The van der Waals surface area contributed by atoms with Gasteiger partial charge in [-0.1, -0.05) is 72.3 Å². The second kappa shape index (κ2) is 8.70. The number of hydrogen-bond donors (Lipinski definition) is 0. The zero-order valence-electron chi connectivity index (χ0n) is 20.2. The van der Waals surface area contributed by atoms with Crippen molar-refractivity contribution in [2.45, 2.75) is 32.3 Å². The maximum absolute atomic E-state index is 6.62. The van der Waals surface area contributed by atoms with Gasteiger partial charge in [0, 0.05) is 43.1 Å². The molecule has 0 bridgehead atoms. The number of piperidine rings is 1. The minimum atomic E-state index is -0.250. The molecule has 0 amide bonds. The summed E-state index contributed by atoms with van der Waals surface area (Å²) in [7, 11) is 0. The van der Waals surface area contributed by atoms with Crippen LogP contribution >= 0.6 is 0 Å². The van der Waals surface area contributed by atoms with Gasteiger partial charge in [-0.15, -0.1) is 0 Å². The van der Waals surface area contributed by atoms with Crippen molar-refractivity contribution in [2.75, 3.05) is 18.0 Å². The van der Waals surface area contributed by atoms with Crippen molar-refractivity contribution in [3.05, 3.63) is 102 Å². The first-order valence-electron chi connectivity index (χ1n) is 12.3. The Morgan fingerprint density at radius 1 is 0.771 bits per heavy atom. The second-order valence-electron chi connectivity index (χ2n) is 9.63. The Kier molecular flexibility index (Phi) is 5.37. The highest BCUT2D eigenvalue weighted by Gasteiger charge is 2.37. The highest BCUT2D eigenvalue weighted by Crippen LogP contribution is 2.39. The number of nitrogens with zero attached hydrogens (tertiary/aromatic N) is 3. The number of ether oxygens (including phenoxy) is 1. The summed E-state index contributed by atoms with van der Waals surface area (Å²) in [6.07, 6.45) is 6.36. The molecule has 174 valence electrons. The summed E-state index contributed by atoms with van der Waals surface area (Å²) in [6, 6.07) is 27.6. The van der Waals surface area contributed by atoms with Gasteiger partial charge in [-0.2, -0.15) is 0 Å². The molecule has 1 spiro atoms. The summed E-state index contributed by atoms with van der Waals surface area (Å²) in [5.74, 6) is 2.77. The van der Waals surface area contributed by atoms with Gasteiger partial charge in [-0.25, -0.2) is 9.97 Å². The Balaban J connectivity index is 1.19. The normalized spacial score (nSPS) is 16.1. The third kappa shape index (κ3) is 4.32. The topological polar surface area (TPSA) is 38.2 Å². The zero-order valence-corrected chi connectivity index (χ0v) is 20.2. The molecule has 1 saturated heterocycles. The molecular formula is C31H29N3O. The first-order chi connectivity index (χ1) is 17.1. The van der Waals surface area contributed by atoms with Crippen LogP contribution in [0.4, 0.5) is 5.82 Å². The van der Waals surface area contributed by atoms with E-state index < -0.39 is 0 Å². The number of aromatic nitrogens is 2. The number of fused-ring (bicyclic) bond motifs is 1. The van der Waals surface area contributed by atoms with Crippen LogP contribution < -0.4 is 9.64 Å². The molecule has 1 fully saturated rings. The lowest BCUT2D eigenvalue weighted by Crippen LogP contribution is -2.48. The summed E-state index contributed by atoms with van der Waals surface area (Å²) in [6.45, 7) is 5.86. The Hall–Kier alpha value is -3.92. The molecule has 0 atom stereocenters. The molecule has 4 heteroatoms. The molecule has 2 aliphatic heterocycles. The fourth-order valence-electron chi connectivity index (χ4n) is 5.05. The summed E-state index contributed by atoms with van der Waals surface area (Å²) in [5, 5.41) is 0. The highest BCUT2D eigenvalue weighted by molar-refractivity contribution is 5.72. The Morgan fingerprint density at radius 2 is 1.51 bits per heavy atom. The van der Waals surface area contributed by atoms with Gasteiger partial charge >= 0.3 is 0 Å². The molecule has 6 rings (SSSR count). The van der Waals surface area contributed by atoms with E-state index in [9.17, 15) is 0 Å². The van der Waals surface area contributed by atoms with Gasteiger partial charge in [0.25, 0.3) is 0 Å². The summed E-state index contributed by atoms with van der Waals surface area (Å²) in [5.41, 5.74) is 6.69. The summed E-state index contributed by atoms with van der Waals surface area (Å²) < 4.78 is 6.62. The van der Waals surface area contributed by atoms with Crippen LogP contribution in [0.25, 0.3) is 28.5 Å². The lowest BCUT2D eigenvalue weighted by molar-refractivity contribution is 0.0891. The Morgan fingerprint density at radius 3 is 2.29 bits per heavy atom. The number of hydrogen-bond acceptors (Lipinski definition) is 4. The van der Waals surface area contributed by atoms with E-state index in [1.54, 1.807) is 0 Å². The zero-order chi connectivity index (χ0) is 23.8. The van der Waals surface area contributed by atoms with E-state index >= 15 is 0 Å². The largest absolute Gasteiger partial charge is 0.482 e. The molecule has 2 aliphatic rings. The maximum Gasteiger partial charge on any atom is 0.132 e. The first kappa shape index (κ1) is 21.6. The lowest BCUT2D eigenvalue weighted by Gasteiger charge is -2.42. The van der Waals surface area contributed by atoms with E-state index in [1.807, 2.05) is 13.0 Å². The van der Waals surface area contributed by atoms with Gasteiger partial charge in [-0.3, -0.25) is 0 Å². The monoisotopic (exact) mass is 459 g/mol. The molecule has 4 nitrogen and oxygen atoms in total. The third-order valence-electron chi connectivity index (χ3n) is 7.10. The van der Waals surface area contributed by atoms with Crippen molar-refractivity contribution >= 4 is 11.9 Å². The van der Waals surface area contributed by atoms with Crippen LogP contribution in [-0.4, -0.2) is 28.7 Å². The fourth-order valence-corrected chi connectivity index (χ4v) is 5.05. The number of aryl methyl sites for hydroxylation is 2. The Labute approximate surface area is 206 Å². The fraction of sp³-hybridized carbons (Fsp3) is 0.226. The van der Waals surface area contributed by atoms with Crippen LogP contribution in [0, 0.1) is 13.8 Å². The van der Waals surface area contributed by atoms with E-state index in [1.165, 1.54) is 16.7 Å². The molecule has 0 N–H and O–H groups in total. The van der Waals surface area contributed by atoms with Gasteiger partial charge < -0.3 is 9.64 Å². The van der Waals surface area contributed by atoms with E-state index in [-0.39, 0.29) is 5.60 Å². The van der Waals surface area contributed by atoms with Gasteiger partial charge in [0.05, 0.1) is 5.69 Å². The molecule has 3 aromatic carbocycles. The average Bonchev–Trinajstić information content (AvgIpc) is 2.89. The van der Waals surface area contributed by atoms with Crippen LogP contribution in [0.3, 0.4) is 0 Å². The van der Waals surface area contributed by atoms with E-state index in [4.69, 9.17) is 14.7 Å². The third-order valence-corrected chi connectivity index (χ3v) is 7.10. The van der Waals surface area contributed by atoms with Crippen LogP contribution in [0.2, 0.25) is 0 Å². The van der Waals surface area contributed by atoms with Crippen molar-refractivity contribution in [3.63, 3.8) is 0 Å². The minimum absolute atomic E-state index is 0.250. The summed E-state index contributed by atoms with van der Waals surface area (Å²) in [4.78, 5) is 11.8. The molecule has 4 aromatic rings. The molecule has 3 heterocycles.